The fraction of sp³-hybridized carbons (Fsp3) is 0. The molecule has 57 heavy (non-hydrogen) atoms. The Balaban J connectivity index is 1.33. The predicted octanol–water partition coefficient (Wildman–Crippen LogP) is 12.5. The number of para-hydroxylation sites is 5. The summed E-state index contributed by atoms with van der Waals surface area (Å²) in [6, 6.07) is 68.4. The molecular weight excluding hydrogens is 697 g/mol. The molecule has 0 unspecified atom stereocenters. The maximum absolute atomic E-state index is 5.34. The summed E-state index contributed by atoms with van der Waals surface area (Å²) < 4.78 is 7.13. The fourth-order valence-electron chi connectivity index (χ4n) is 8.91. The number of benzene rings is 8. The third-order valence-electron chi connectivity index (χ3n) is 11.3. The molecule has 12 aromatic rings. The van der Waals surface area contributed by atoms with Crippen LogP contribution >= 0.6 is 0 Å². The zero-order valence-electron chi connectivity index (χ0n) is 30.7. The Kier molecular flexibility index (Phi) is 6.83. The molecule has 266 valence electrons. The SMILES string of the molecule is c1ccc(-c2nc(-c3ccccc3)nc(-n3c4ccccc4c4c5c6ccccc6n(-c6ccccc6)c5cc(-n5c6ccccc6c6ccccc65)c43)n2)cc1. The zero-order chi connectivity index (χ0) is 37.5. The molecule has 0 bridgehead atoms. The van der Waals surface area contributed by atoms with Gasteiger partial charge < -0.3 is 9.13 Å². The minimum absolute atomic E-state index is 0.557. The van der Waals surface area contributed by atoms with Gasteiger partial charge in [0.2, 0.25) is 5.95 Å². The van der Waals surface area contributed by atoms with E-state index in [9.17, 15) is 0 Å². The van der Waals surface area contributed by atoms with Crippen molar-refractivity contribution in [2.45, 2.75) is 0 Å². The van der Waals surface area contributed by atoms with Crippen molar-refractivity contribution in [1.82, 2.24) is 28.7 Å². The van der Waals surface area contributed by atoms with E-state index in [0.29, 0.717) is 17.6 Å². The van der Waals surface area contributed by atoms with Crippen molar-refractivity contribution < 1.29 is 0 Å². The second-order valence-electron chi connectivity index (χ2n) is 14.4. The quantitative estimate of drug-likeness (QED) is 0.177. The van der Waals surface area contributed by atoms with Gasteiger partial charge >= 0.3 is 0 Å². The van der Waals surface area contributed by atoms with E-state index in [0.717, 1.165) is 66.4 Å². The molecule has 4 aromatic heterocycles. The number of fused-ring (bicyclic) bond motifs is 10. The summed E-state index contributed by atoms with van der Waals surface area (Å²) in [5.41, 5.74) is 10.6. The van der Waals surface area contributed by atoms with Gasteiger partial charge in [0.1, 0.15) is 0 Å². The summed E-state index contributed by atoms with van der Waals surface area (Å²) in [5, 5.41) is 7.04. The van der Waals surface area contributed by atoms with Crippen LogP contribution in [0, 0.1) is 0 Å². The van der Waals surface area contributed by atoms with Crippen LogP contribution in [0.25, 0.3) is 106 Å². The van der Waals surface area contributed by atoms with Gasteiger partial charge in [-0.25, -0.2) is 4.98 Å². The van der Waals surface area contributed by atoms with Gasteiger partial charge in [-0.2, -0.15) is 9.97 Å². The molecule has 0 atom stereocenters. The molecule has 0 amide bonds. The predicted molar refractivity (Wildman–Crippen MR) is 234 cm³/mol. The Labute approximate surface area is 327 Å². The first-order chi connectivity index (χ1) is 28.3. The van der Waals surface area contributed by atoms with E-state index >= 15 is 0 Å². The van der Waals surface area contributed by atoms with Gasteiger partial charge in [0.15, 0.2) is 11.6 Å². The number of rotatable bonds is 5. The second kappa shape index (κ2) is 12.3. The summed E-state index contributed by atoms with van der Waals surface area (Å²) >= 11 is 0. The molecule has 12 rings (SSSR count). The molecule has 0 spiro atoms. The second-order valence-corrected chi connectivity index (χ2v) is 14.4. The minimum Gasteiger partial charge on any atom is -0.309 e. The van der Waals surface area contributed by atoms with Gasteiger partial charge in [0.25, 0.3) is 0 Å². The molecule has 0 radical (unpaired) electrons. The highest BCUT2D eigenvalue weighted by atomic mass is 15.2. The molecular formula is C51H32N6. The third-order valence-corrected chi connectivity index (χ3v) is 11.3. The van der Waals surface area contributed by atoms with E-state index in [-0.39, 0.29) is 0 Å². The lowest BCUT2D eigenvalue weighted by Crippen LogP contribution is -2.08. The molecule has 6 heteroatoms. The molecule has 0 saturated heterocycles. The maximum Gasteiger partial charge on any atom is 0.238 e. The summed E-state index contributed by atoms with van der Waals surface area (Å²) in [7, 11) is 0. The van der Waals surface area contributed by atoms with Gasteiger partial charge in [-0.1, -0.05) is 152 Å². The molecule has 0 saturated carbocycles. The lowest BCUT2D eigenvalue weighted by atomic mass is 10.0. The average Bonchev–Trinajstić information content (AvgIpc) is 3.93. The first kappa shape index (κ1) is 31.5. The van der Waals surface area contributed by atoms with Gasteiger partial charge in [0.05, 0.1) is 38.8 Å². The smallest absolute Gasteiger partial charge is 0.238 e. The van der Waals surface area contributed by atoms with Crippen LogP contribution in [0.15, 0.2) is 194 Å². The molecule has 0 aliphatic rings. The van der Waals surface area contributed by atoms with Crippen molar-refractivity contribution in [1.29, 1.82) is 0 Å². The van der Waals surface area contributed by atoms with Gasteiger partial charge in [-0.15, -0.1) is 0 Å². The highest BCUT2D eigenvalue weighted by Crippen LogP contribution is 2.46. The largest absolute Gasteiger partial charge is 0.309 e. The highest BCUT2D eigenvalue weighted by Gasteiger charge is 2.27. The molecule has 0 aliphatic heterocycles. The van der Waals surface area contributed by atoms with Crippen LogP contribution in [-0.2, 0) is 0 Å². The van der Waals surface area contributed by atoms with E-state index < -0.39 is 0 Å². The average molecular weight is 729 g/mol. The van der Waals surface area contributed by atoms with Crippen LogP contribution in [0.1, 0.15) is 0 Å². The van der Waals surface area contributed by atoms with Crippen molar-refractivity contribution in [3.8, 4) is 40.1 Å². The van der Waals surface area contributed by atoms with Crippen molar-refractivity contribution >= 4 is 65.4 Å². The first-order valence-corrected chi connectivity index (χ1v) is 19.2. The van der Waals surface area contributed by atoms with Crippen LogP contribution in [-0.4, -0.2) is 28.7 Å². The lowest BCUT2D eigenvalue weighted by molar-refractivity contribution is 0.950. The van der Waals surface area contributed by atoms with E-state index in [1.165, 1.54) is 21.5 Å². The molecule has 0 aliphatic carbocycles. The van der Waals surface area contributed by atoms with E-state index in [4.69, 9.17) is 15.0 Å². The van der Waals surface area contributed by atoms with Gasteiger partial charge in [0, 0.05) is 49.1 Å². The Morgan fingerprint density at radius 3 is 1.28 bits per heavy atom. The fourth-order valence-corrected chi connectivity index (χ4v) is 8.91. The molecule has 4 heterocycles. The third kappa shape index (κ3) is 4.68. The van der Waals surface area contributed by atoms with Gasteiger partial charge in [-0.05, 0) is 42.5 Å². The van der Waals surface area contributed by atoms with E-state index in [1.807, 2.05) is 36.4 Å². The number of hydrogen-bond acceptors (Lipinski definition) is 3. The minimum atomic E-state index is 0.557. The van der Waals surface area contributed by atoms with Gasteiger partial charge in [-0.3, -0.25) is 4.57 Å². The normalized spacial score (nSPS) is 11.9. The van der Waals surface area contributed by atoms with Crippen LogP contribution in [0.3, 0.4) is 0 Å². The van der Waals surface area contributed by atoms with E-state index in [1.54, 1.807) is 0 Å². The standard InChI is InChI=1S/C51H32N6/c1-4-18-33(19-5-1)49-52-50(34-20-6-2-7-21-34)54-51(53-49)57-43-31-17-13-27-39(43)47-46-38-26-12-16-30-42(38)55(35-22-8-3-9-23-35)44(46)32-45(48(47)57)56-40-28-14-10-24-36(40)37-25-11-15-29-41(37)56/h1-32H. The number of aromatic nitrogens is 6. The van der Waals surface area contributed by atoms with Crippen LogP contribution in [0.4, 0.5) is 0 Å². The number of hydrogen-bond donors (Lipinski definition) is 0. The Morgan fingerprint density at radius 2 is 0.737 bits per heavy atom. The van der Waals surface area contributed by atoms with E-state index in [2.05, 4.69) is 171 Å². The molecule has 0 N–H and O–H groups in total. The summed E-state index contributed by atoms with van der Waals surface area (Å²) in [6.07, 6.45) is 0. The monoisotopic (exact) mass is 728 g/mol. The highest BCUT2D eigenvalue weighted by molar-refractivity contribution is 6.31. The van der Waals surface area contributed by atoms with Crippen molar-refractivity contribution in [3.63, 3.8) is 0 Å². The number of nitrogens with zero attached hydrogens (tertiary/aromatic N) is 6. The Morgan fingerprint density at radius 1 is 0.316 bits per heavy atom. The molecule has 8 aromatic carbocycles. The van der Waals surface area contributed by atoms with Crippen LogP contribution in [0.2, 0.25) is 0 Å². The van der Waals surface area contributed by atoms with Crippen LogP contribution < -0.4 is 0 Å². The maximum atomic E-state index is 5.34. The summed E-state index contributed by atoms with van der Waals surface area (Å²) in [6.45, 7) is 0. The van der Waals surface area contributed by atoms with Crippen LogP contribution in [0.5, 0.6) is 0 Å². The summed E-state index contributed by atoms with van der Waals surface area (Å²) in [4.78, 5) is 15.8. The molecule has 0 fully saturated rings. The Hall–Kier alpha value is -7.83. The zero-order valence-corrected chi connectivity index (χ0v) is 30.7. The Bertz CT molecular complexity index is 3390. The van der Waals surface area contributed by atoms with Crippen molar-refractivity contribution in [3.05, 3.63) is 194 Å². The first-order valence-electron chi connectivity index (χ1n) is 19.2. The topological polar surface area (TPSA) is 53.5 Å². The van der Waals surface area contributed by atoms with Crippen molar-refractivity contribution in [2.24, 2.45) is 0 Å². The summed E-state index contributed by atoms with van der Waals surface area (Å²) in [5.74, 6) is 1.79. The molecule has 6 nitrogen and oxygen atoms in total. The lowest BCUT2D eigenvalue weighted by Gasteiger charge is -2.16. The van der Waals surface area contributed by atoms with Crippen molar-refractivity contribution in [2.75, 3.05) is 0 Å².